The summed E-state index contributed by atoms with van der Waals surface area (Å²) in [5, 5.41) is 0. The minimum atomic E-state index is 0.0560. The molecule has 3 fully saturated rings. The molecule has 0 unspecified atom stereocenters. The zero-order chi connectivity index (χ0) is 20.9. The first-order valence-corrected chi connectivity index (χ1v) is 11.5. The van der Waals surface area contributed by atoms with Crippen molar-refractivity contribution < 1.29 is 19.1 Å². The third-order valence-corrected chi connectivity index (χ3v) is 6.64. The predicted molar refractivity (Wildman–Crippen MR) is 115 cm³/mol. The minimum absolute atomic E-state index is 0.0560. The quantitative estimate of drug-likeness (QED) is 0.687. The number of carbonyl (C=O) groups is 2. The van der Waals surface area contributed by atoms with E-state index in [0.29, 0.717) is 23.3 Å². The molecule has 0 spiro atoms. The van der Waals surface area contributed by atoms with Gasteiger partial charge in [-0.1, -0.05) is 0 Å². The smallest absolute Gasteiger partial charge is 0.253 e. The van der Waals surface area contributed by atoms with E-state index >= 15 is 0 Å². The van der Waals surface area contributed by atoms with Crippen molar-refractivity contribution in [1.82, 2.24) is 9.80 Å². The van der Waals surface area contributed by atoms with Crippen LogP contribution in [-0.4, -0.2) is 67.6 Å². The van der Waals surface area contributed by atoms with Crippen LogP contribution in [0.1, 0.15) is 55.3 Å². The van der Waals surface area contributed by atoms with Gasteiger partial charge in [0.05, 0.1) is 0 Å². The van der Waals surface area contributed by atoms with Gasteiger partial charge in [0.1, 0.15) is 11.9 Å². The van der Waals surface area contributed by atoms with Gasteiger partial charge < -0.3 is 19.3 Å². The molecule has 164 valence electrons. The van der Waals surface area contributed by atoms with Gasteiger partial charge in [0.25, 0.3) is 5.91 Å². The Labute approximate surface area is 179 Å². The normalized spacial score (nSPS) is 20.8. The van der Waals surface area contributed by atoms with Crippen molar-refractivity contribution in [1.29, 1.82) is 0 Å². The summed E-state index contributed by atoms with van der Waals surface area (Å²) in [5.41, 5.74) is 0.696. The Kier molecular flexibility index (Phi) is 6.93. The number of likely N-dealkylation sites (tertiary alicyclic amines) is 1. The average Bonchev–Trinajstić information content (AvgIpc) is 3.64. The van der Waals surface area contributed by atoms with Crippen LogP contribution in [0.5, 0.6) is 5.75 Å². The molecule has 0 bridgehead atoms. The first-order chi connectivity index (χ1) is 14.6. The van der Waals surface area contributed by atoms with Crippen LogP contribution in [0.3, 0.4) is 0 Å². The molecule has 0 aromatic heterocycles. The molecule has 2 saturated heterocycles. The zero-order valence-corrected chi connectivity index (χ0v) is 18.1. The van der Waals surface area contributed by atoms with E-state index in [1.165, 1.54) is 0 Å². The molecule has 0 N–H and O–H groups in total. The van der Waals surface area contributed by atoms with Gasteiger partial charge in [-0.15, -0.1) is 0 Å². The number of piperidine rings is 1. The van der Waals surface area contributed by atoms with Crippen LogP contribution in [0.15, 0.2) is 24.3 Å². The second-order valence-corrected chi connectivity index (χ2v) is 9.01. The third-order valence-electron chi connectivity index (χ3n) is 6.64. The lowest BCUT2D eigenvalue weighted by Gasteiger charge is -2.32. The van der Waals surface area contributed by atoms with Crippen molar-refractivity contribution in [2.45, 2.75) is 51.0 Å². The predicted octanol–water partition coefficient (Wildman–Crippen LogP) is 3.36. The molecule has 2 heterocycles. The molecule has 6 heteroatoms. The van der Waals surface area contributed by atoms with E-state index in [4.69, 9.17) is 9.47 Å². The van der Waals surface area contributed by atoms with E-state index in [1.54, 1.807) is 0 Å². The van der Waals surface area contributed by atoms with Crippen LogP contribution >= 0.6 is 0 Å². The summed E-state index contributed by atoms with van der Waals surface area (Å²) in [6, 6.07) is 7.49. The van der Waals surface area contributed by atoms with Gasteiger partial charge >= 0.3 is 0 Å². The fourth-order valence-electron chi connectivity index (χ4n) is 4.38. The van der Waals surface area contributed by atoms with Gasteiger partial charge in [-0.25, -0.2) is 0 Å². The van der Waals surface area contributed by atoms with Crippen molar-refractivity contribution in [3.05, 3.63) is 29.8 Å². The molecule has 0 atom stereocenters. The first-order valence-electron chi connectivity index (χ1n) is 11.5. The van der Waals surface area contributed by atoms with Gasteiger partial charge in [0, 0.05) is 64.2 Å². The van der Waals surface area contributed by atoms with Crippen LogP contribution in [0, 0.1) is 11.8 Å². The highest BCUT2D eigenvalue weighted by Crippen LogP contribution is 2.32. The number of amides is 2. The molecule has 0 radical (unpaired) electrons. The SMILES string of the molecule is CN(CCC1CCOCC1)C(=O)c1ccc(OC2CCN(C(=O)C3CC3)CC2)cc1. The third kappa shape index (κ3) is 5.54. The fraction of sp³-hybridized carbons (Fsp3) is 0.667. The Bertz CT molecular complexity index is 717. The molecule has 4 rings (SSSR count). The van der Waals surface area contributed by atoms with E-state index in [2.05, 4.69) is 0 Å². The maximum absolute atomic E-state index is 12.7. The summed E-state index contributed by atoms with van der Waals surface area (Å²) < 4.78 is 11.5. The average molecular weight is 415 g/mol. The highest BCUT2D eigenvalue weighted by Gasteiger charge is 2.35. The summed E-state index contributed by atoms with van der Waals surface area (Å²) in [5.74, 6) is 2.14. The van der Waals surface area contributed by atoms with Gasteiger partial charge in [-0.05, 0) is 62.3 Å². The Hall–Kier alpha value is -2.08. The Morgan fingerprint density at radius 2 is 1.70 bits per heavy atom. The summed E-state index contributed by atoms with van der Waals surface area (Å²) in [6.45, 7) is 4.04. The molecular weight excluding hydrogens is 380 g/mol. The van der Waals surface area contributed by atoms with Crippen molar-refractivity contribution in [2.75, 3.05) is 39.9 Å². The Morgan fingerprint density at radius 1 is 1.03 bits per heavy atom. The van der Waals surface area contributed by atoms with Gasteiger partial charge in [-0.3, -0.25) is 9.59 Å². The summed E-state index contributed by atoms with van der Waals surface area (Å²) >= 11 is 0. The summed E-state index contributed by atoms with van der Waals surface area (Å²) in [7, 11) is 1.88. The van der Waals surface area contributed by atoms with Crippen LogP contribution in [0.2, 0.25) is 0 Å². The van der Waals surface area contributed by atoms with Crippen LogP contribution in [0.25, 0.3) is 0 Å². The maximum atomic E-state index is 12.7. The van der Waals surface area contributed by atoms with Crippen LogP contribution in [-0.2, 0) is 9.53 Å². The highest BCUT2D eigenvalue weighted by atomic mass is 16.5. The summed E-state index contributed by atoms with van der Waals surface area (Å²) in [4.78, 5) is 28.7. The number of hydrogen-bond acceptors (Lipinski definition) is 4. The maximum Gasteiger partial charge on any atom is 0.253 e. The van der Waals surface area contributed by atoms with Gasteiger partial charge in [0.15, 0.2) is 0 Å². The van der Waals surface area contributed by atoms with Gasteiger partial charge in [0.2, 0.25) is 5.91 Å². The number of ether oxygens (including phenoxy) is 2. The van der Waals surface area contributed by atoms with E-state index in [1.807, 2.05) is 41.1 Å². The lowest BCUT2D eigenvalue weighted by Crippen LogP contribution is -2.42. The molecule has 1 aliphatic carbocycles. The highest BCUT2D eigenvalue weighted by molar-refractivity contribution is 5.94. The van der Waals surface area contributed by atoms with E-state index in [0.717, 1.165) is 83.5 Å². The number of hydrogen-bond donors (Lipinski definition) is 0. The Morgan fingerprint density at radius 3 is 2.33 bits per heavy atom. The molecule has 2 aliphatic heterocycles. The van der Waals surface area contributed by atoms with Gasteiger partial charge in [-0.2, -0.15) is 0 Å². The van der Waals surface area contributed by atoms with Crippen molar-refractivity contribution in [2.24, 2.45) is 11.8 Å². The van der Waals surface area contributed by atoms with E-state index < -0.39 is 0 Å². The lowest BCUT2D eigenvalue weighted by molar-refractivity contribution is -0.134. The topological polar surface area (TPSA) is 59.1 Å². The molecule has 2 amide bonds. The monoisotopic (exact) mass is 414 g/mol. The second-order valence-electron chi connectivity index (χ2n) is 9.01. The molecule has 30 heavy (non-hydrogen) atoms. The molecule has 1 saturated carbocycles. The molecule has 1 aromatic carbocycles. The minimum Gasteiger partial charge on any atom is -0.490 e. The number of carbonyl (C=O) groups excluding carboxylic acids is 2. The largest absolute Gasteiger partial charge is 0.490 e. The number of benzene rings is 1. The van der Waals surface area contributed by atoms with Crippen molar-refractivity contribution in [3.63, 3.8) is 0 Å². The second kappa shape index (κ2) is 9.82. The fourth-order valence-corrected chi connectivity index (χ4v) is 4.38. The van der Waals surface area contributed by atoms with Crippen molar-refractivity contribution >= 4 is 11.8 Å². The number of rotatable bonds is 7. The number of nitrogens with zero attached hydrogens (tertiary/aromatic N) is 2. The molecule has 1 aromatic rings. The standard InChI is InChI=1S/C24H34N2O4/c1-25(13-8-18-11-16-29-17-12-18)23(27)19-4-6-21(7-5-19)30-22-9-14-26(15-10-22)24(28)20-2-3-20/h4-7,18,20,22H,2-3,8-17H2,1H3. The van der Waals surface area contributed by atoms with Crippen molar-refractivity contribution in [3.8, 4) is 5.75 Å². The molecule has 6 nitrogen and oxygen atoms in total. The van der Waals surface area contributed by atoms with Crippen LogP contribution < -0.4 is 4.74 Å². The Balaban J connectivity index is 1.21. The zero-order valence-electron chi connectivity index (χ0n) is 18.1. The van der Waals surface area contributed by atoms with Crippen LogP contribution in [0.4, 0.5) is 0 Å². The van der Waals surface area contributed by atoms with E-state index in [-0.39, 0.29) is 12.0 Å². The molecular formula is C24H34N2O4. The summed E-state index contributed by atoms with van der Waals surface area (Å²) in [6.07, 6.45) is 7.23. The first kappa shape index (κ1) is 21.2. The lowest BCUT2D eigenvalue weighted by atomic mass is 9.96. The van der Waals surface area contributed by atoms with E-state index in [9.17, 15) is 9.59 Å². The molecule has 3 aliphatic rings.